The van der Waals surface area contributed by atoms with Crippen LogP contribution in [0.25, 0.3) is 0 Å². The molecule has 0 fully saturated rings. The molecule has 0 bridgehead atoms. The number of carboxylic acids is 1. The van der Waals surface area contributed by atoms with E-state index < -0.39 is 29.2 Å². The molecule has 1 atom stereocenters. The molecule has 0 heterocycles. The number of benzene rings is 1. The lowest BCUT2D eigenvalue weighted by Crippen LogP contribution is -2.31. The van der Waals surface area contributed by atoms with E-state index in [1.54, 1.807) is 11.8 Å². The predicted octanol–water partition coefficient (Wildman–Crippen LogP) is 2.93. The van der Waals surface area contributed by atoms with Crippen molar-refractivity contribution in [3.8, 4) is 0 Å². The lowest BCUT2D eigenvalue weighted by molar-refractivity contribution is 0.0692. The highest BCUT2D eigenvalue weighted by Crippen LogP contribution is 2.19. The Labute approximate surface area is 125 Å². The van der Waals surface area contributed by atoms with Crippen LogP contribution in [-0.4, -0.2) is 35.2 Å². The zero-order valence-corrected chi connectivity index (χ0v) is 12.4. The second-order valence-corrected chi connectivity index (χ2v) is 5.61. The van der Waals surface area contributed by atoms with Crippen LogP contribution in [0, 0.1) is 11.6 Å². The first kappa shape index (κ1) is 17.2. The maximum Gasteiger partial charge on any atom is 0.338 e. The molecular weight excluding hydrogens is 302 g/mol. The first-order valence-electron chi connectivity index (χ1n) is 6.15. The minimum Gasteiger partial charge on any atom is -0.478 e. The molecule has 1 aromatic carbocycles. The van der Waals surface area contributed by atoms with Gasteiger partial charge in [-0.15, -0.1) is 0 Å². The van der Waals surface area contributed by atoms with Crippen molar-refractivity contribution < 1.29 is 23.5 Å². The minimum absolute atomic E-state index is 0.367. The first-order valence-corrected chi connectivity index (χ1v) is 7.44. The van der Waals surface area contributed by atoms with Crippen LogP contribution in [0.4, 0.5) is 19.3 Å². The van der Waals surface area contributed by atoms with E-state index in [1.165, 1.54) is 0 Å². The summed E-state index contributed by atoms with van der Waals surface area (Å²) >= 11 is 1.65. The van der Waals surface area contributed by atoms with Crippen molar-refractivity contribution in [1.29, 1.82) is 0 Å². The first-order chi connectivity index (χ1) is 9.85. The van der Waals surface area contributed by atoms with Gasteiger partial charge in [0.2, 0.25) is 0 Å². The molecule has 1 rings (SSSR count). The fraction of sp³-hybridized carbons (Fsp3) is 0.385. The van der Waals surface area contributed by atoms with Gasteiger partial charge in [-0.3, -0.25) is 0 Å². The van der Waals surface area contributed by atoms with Crippen molar-refractivity contribution in [1.82, 2.24) is 5.32 Å². The molecule has 21 heavy (non-hydrogen) atoms. The molecule has 2 amide bonds. The zero-order chi connectivity index (χ0) is 16.0. The number of carbonyl (C=O) groups excluding carboxylic acids is 1. The SMILES string of the molecule is CSC(C)CCNC(=O)Nc1cc(C(=O)O)c(F)cc1F. The Morgan fingerprint density at radius 3 is 2.57 bits per heavy atom. The van der Waals surface area contributed by atoms with Gasteiger partial charge in [0.1, 0.15) is 11.6 Å². The Balaban J connectivity index is 2.68. The van der Waals surface area contributed by atoms with Crippen LogP contribution < -0.4 is 10.6 Å². The summed E-state index contributed by atoms with van der Waals surface area (Å²) in [6.45, 7) is 2.39. The van der Waals surface area contributed by atoms with Gasteiger partial charge in [-0.05, 0) is 18.7 Å². The molecule has 5 nitrogen and oxygen atoms in total. The van der Waals surface area contributed by atoms with Gasteiger partial charge < -0.3 is 15.7 Å². The van der Waals surface area contributed by atoms with E-state index in [-0.39, 0.29) is 5.69 Å². The zero-order valence-electron chi connectivity index (χ0n) is 11.6. The molecule has 8 heteroatoms. The van der Waals surface area contributed by atoms with Crippen molar-refractivity contribution in [3.05, 3.63) is 29.3 Å². The van der Waals surface area contributed by atoms with Crippen molar-refractivity contribution in [3.63, 3.8) is 0 Å². The van der Waals surface area contributed by atoms with E-state index in [2.05, 4.69) is 10.6 Å². The highest BCUT2D eigenvalue weighted by Gasteiger charge is 2.16. The van der Waals surface area contributed by atoms with Gasteiger partial charge in [-0.25, -0.2) is 18.4 Å². The number of aromatic carboxylic acids is 1. The summed E-state index contributed by atoms with van der Waals surface area (Å²) in [5.74, 6) is -3.77. The van der Waals surface area contributed by atoms with Crippen LogP contribution in [0.2, 0.25) is 0 Å². The van der Waals surface area contributed by atoms with E-state index >= 15 is 0 Å². The lowest BCUT2D eigenvalue weighted by atomic mass is 10.2. The molecule has 0 aliphatic carbocycles. The highest BCUT2D eigenvalue weighted by atomic mass is 32.2. The van der Waals surface area contributed by atoms with E-state index in [0.717, 1.165) is 12.5 Å². The van der Waals surface area contributed by atoms with Gasteiger partial charge in [0.05, 0.1) is 11.3 Å². The van der Waals surface area contributed by atoms with Crippen molar-refractivity contribution >= 4 is 29.4 Å². The topological polar surface area (TPSA) is 78.4 Å². The third-order valence-electron chi connectivity index (χ3n) is 2.77. The van der Waals surface area contributed by atoms with Crippen LogP contribution >= 0.6 is 11.8 Å². The number of amides is 2. The van der Waals surface area contributed by atoms with E-state index in [9.17, 15) is 18.4 Å². The van der Waals surface area contributed by atoms with E-state index in [0.29, 0.717) is 17.9 Å². The van der Waals surface area contributed by atoms with Crippen molar-refractivity contribution in [2.75, 3.05) is 18.1 Å². The fourth-order valence-electron chi connectivity index (χ4n) is 1.48. The summed E-state index contributed by atoms with van der Waals surface area (Å²) in [5.41, 5.74) is -1.09. The molecule has 1 unspecified atom stereocenters. The van der Waals surface area contributed by atoms with Crippen LogP contribution in [0.1, 0.15) is 23.7 Å². The minimum atomic E-state index is -1.54. The number of rotatable bonds is 6. The maximum absolute atomic E-state index is 13.5. The third-order valence-corrected chi connectivity index (χ3v) is 3.81. The fourth-order valence-corrected chi connectivity index (χ4v) is 1.84. The van der Waals surface area contributed by atoms with Crippen molar-refractivity contribution in [2.24, 2.45) is 0 Å². The Bertz CT molecular complexity index is 540. The normalized spacial score (nSPS) is 11.8. The van der Waals surface area contributed by atoms with Gasteiger partial charge in [0, 0.05) is 17.9 Å². The van der Waals surface area contributed by atoms with Gasteiger partial charge in [0.15, 0.2) is 0 Å². The summed E-state index contributed by atoms with van der Waals surface area (Å²) in [4.78, 5) is 22.3. The number of hydrogen-bond donors (Lipinski definition) is 3. The molecule has 0 saturated carbocycles. The Morgan fingerprint density at radius 1 is 1.33 bits per heavy atom. The van der Waals surface area contributed by atoms with E-state index in [4.69, 9.17) is 5.11 Å². The molecule has 116 valence electrons. The molecule has 0 saturated heterocycles. The standard InChI is InChI=1S/C13H16F2N2O3S/c1-7(21-2)3-4-16-13(20)17-11-5-8(12(18)19)9(14)6-10(11)15/h5-7H,3-4H2,1-2H3,(H,18,19)(H2,16,17,20). The van der Waals surface area contributed by atoms with E-state index in [1.807, 2.05) is 13.2 Å². The van der Waals surface area contributed by atoms with Crippen molar-refractivity contribution in [2.45, 2.75) is 18.6 Å². The predicted molar refractivity (Wildman–Crippen MR) is 77.9 cm³/mol. The molecule has 0 radical (unpaired) electrons. The monoisotopic (exact) mass is 318 g/mol. The molecule has 1 aromatic rings. The summed E-state index contributed by atoms with van der Waals surface area (Å²) in [6.07, 6.45) is 2.69. The lowest BCUT2D eigenvalue weighted by Gasteiger charge is -2.11. The number of urea groups is 1. The maximum atomic E-state index is 13.5. The smallest absolute Gasteiger partial charge is 0.338 e. The molecule has 0 aliphatic heterocycles. The van der Waals surface area contributed by atoms with Gasteiger partial charge in [0.25, 0.3) is 0 Å². The summed E-state index contributed by atoms with van der Waals surface area (Å²) < 4.78 is 26.7. The number of anilines is 1. The number of halogens is 2. The molecular formula is C13H16F2N2O3S. The number of hydrogen-bond acceptors (Lipinski definition) is 3. The average molecular weight is 318 g/mol. The number of thioether (sulfide) groups is 1. The third kappa shape index (κ3) is 5.22. The van der Waals surface area contributed by atoms with Gasteiger partial charge in [-0.1, -0.05) is 6.92 Å². The van der Waals surface area contributed by atoms with Crippen LogP contribution in [0.15, 0.2) is 12.1 Å². The Hall–Kier alpha value is -1.83. The second kappa shape index (κ2) is 7.82. The largest absolute Gasteiger partial charge is 0.478 e. The summed E-state index contributed by atoms with van der Waals surface area (Å²) in [6, 6.07) is 0.497. The molecule has 0 aromatic heterocycles. The van der Waals surface area contributed by atoms with Gasteiger partial charge >= 0.3 is 12.0 Å². The molecule has 3 N–H and O–H groups in total. The molecule has 0 aliphatic rings. The van der Waals surface area contributed by atoms with Crippen LogP contribution in [-0.2, 0) is 0 Å². The van der Waals surface area contributed by atoms with Crippen LogP contribution in [0.3, 0.4) is 0 Å². The number of nitrogens with one attached hydrogen (secondary N) is 2. The van der Waals surface area contributed by atoms with Gasteiger partial charge in [-0.2, -0.15) is 11.8 Å². The summed E-state index contributed by atoms with van der Waals surface area (Å²) in [7, 11) is 0. The summed E-state index contributed by atoms with van der Waals surface area (Å²) in [5, 5.41) is 13.8. The average Bonchev–Trinajstić information content (AvgIpc) is 2.41. The Kier molecular flexibility index (Phi) is 6.41. The quantitative estimate of drug-likeness (QED) is 0.753. The highest BCUT2D eigenvalue weighted by molar-refractivity contribution is 7.99. The second-order valence-electron chi connectivity index (χ2n) is 4.33. The number of carboxylic acid groups (broad SMARTS) is 1. The number of carbonyl (C=O) groups is 2. The molecule has 0 spiro atoms. The Morgan fingerprint density at radius 2 is 2.00 bits per heavy atom. The van der Waals surface area contributed by atoms with Crippen LogP contribution in [0.5, 0.6) is 0 Å².